The second kappa shape index (κ2) is 4.51. The van der Waals surface area contributed by atoms with Gasteiger partial charge in [0.25, 0.3) is 5.56 Å². The smallest absolute Gasteiger partial charge is 0.283 e. The summed E-state index contributed by atoms with van der Waals surface area (Å²) in [4.78, 5) is 23.4. The molecule has 3 N–H and O–H groups in total. The van der Waals surface area contributed by atoms with E-state index in [9.17, 15) is 4.79 Å². The molecule has 0 atom stereocenters. The van der Waals surface area contributed by atoms with E-state index in [4.69, 9.17) is 5.73 Å². The van der Waals surface area contributed by atoms with Crippen LogP contribution in [-0.4, -0.2) is 19.5 Å². The molecule has 96 valence electrons. The van der Waals surface area contributed by atoms with Gasteiger partial charge in [-0.3, -0.25) is 9.36 Å². The average molecular weight is 320 g/mol. The van der Waals surface area contributed by atoms with E-state index in [1.54, 1.807) is 0 Å². The summed E-state index contributed by atoms with van der Waals surface area (Å²) in [6, 6.07) is 9.59. The van der Waals surface area contributed by atoms with Gasteiger partial charge in [0.2, 0.25) is 5.95 Å². The molecular formula is C12H10BrN5O. The summed E-state index contributed by atoms with van der Waals surface area (Å²) < 4.78 is 1.87. The Morgan fingerprint density at radius 1 is 1.26 bits per heavy atom. The van der Waals surface area contributed by atoms with Gasteiger partial charge < -0.3 is 10.7 Å². The maximum atomic E-state index is 12.3. The van der Waals surface area contributed by atoms with Crippen molar-refractivity contribution in [3.63, 3.8) is 0 Å². The van der Waals surface area contributed by atoms with Crippen LogP contribution in [0.4, 0.5) is 5.95 Å². The number of nitrogens with one attached hydrogen (secondary N) is 1. The normalized spacial score (nSPS) is 11.0. The van der Waals surface area contributed by atoms with Gasteiger partial charge in [-0.15, -0.1) is 0 Å². The number of hydrogen-bond donors (Lipinski definition) is 2. The molecule has 0 saturated heterocycles. The Morgan fingerprint density at radius 3 is 2.74 bits per heavy atom. The Labute approximate surface area is 116 Å². The van der Waals surface area contributed by atoms with E-state index in [2.05, 4.69) is 30.9 Å². The van der Waals surface area contributed by atoms with Crippen LogP contribution in [0.15, 0.2) is 39.9 Å². The average Bonchev–Trinajstić information content (AvgIpc) is 2.76. The summed E-state index contributed by atoms with van der Waals surface area (Å²) in [7, 11) is 0. The molecule has 0 radical (unpaired) electrons. The SMILES string of the molecule is Nc1nc2[nH]c(Br)nc2c(=O)n1Cc1ccccc1. The molecule has 0 aliphatic heterocycles. The number of aromatic nitrogens is 4. The van der Waals surface area contributed by atoms with E-state index in [0.29, 0.717) is 16.9 Å². The Hall–Kier alpha value is -2.15. The molecule has 3 aromatic rings. The van der Waals surface area contributed by atoms with E-state index >= 15 is 0 Å². The lowest BCUT2D eigenvalue weighted by molar-refractivity contribution is 0.761. The van der Waals surface area contributed by atoms with E-state index in [1.165, 1.54) is 4.57 Å². The fraction of sp³-hybridized carbons (Fsp3) is 0.0833. The molecule has 0 aliphatic carbocycles. The highest BCUT2D eigenvalue weighted by atomic mass is 79.9. The van der Waals surface area contributed by atoms with Gasteiger partial charge in [-0.05, 0) is 21.5 Å². The minimum Gasteiger partial charge on any atom is -0.369 e. The van der Waals surface area contributed by atoms with Crippen molar-refractivity contribution in [1.29, 1.82) is 0 Å². The molecule has 2 aromatic heterocycles. The van der Waals surface area contributed by atoms with Crippen LogP contribution < -0.4 is 11.3 Å². The lowest BCUT2D eigenvalue weighted by Gasteiger charge is -2.08. The zero-order chi connectivity index (χ0) is 13.4. The fourth-order valence-corrected chi connectivity index (χ4v) is 2.26. The molecule has 0 fully saturated rings. The first-order valence-corrected chi connectivity index (χ1v) is 6.40. The van der Waals surface area contributed by atoms with Gasteiger partial charge in [0.1, 0.15) is 0 Å². The first-order valence-electron chi connectivity index (χ1n) is 5.60. The van der Waals surface area contributed by atoms with Crippen LogP contribution >= 0.6 is 15.9 Å². The van der Waals surface area contributed by atoms with Crippen molar-refractivity contribution in [2.24, 2.45) is 0 Å². The van der Waals surface area contributed by atoms with Crippen LogP contribution in [0, 0.1) is 0 Å². The molecule has 6 nitrogen and oxygen atoms in total. The topological polar surface area (TPSA) is 89.6 Å². The zero-order valence-corrected chi connectivity index (χ0v) is 11.4. The molecule has 3 rings (SSSR count). The van der Waals surface area contributed by atoms with Crippen molar-refractivity contribution in [1.82, 2.24) is 19.5 Å². The third-order valence-electron chi connectivity index (χ3n) is 2.79. The van der Waals surface area contributed by atoms with Gasteiger partial charge in [-0.1, -0.05) is 30.3 Å². The van der Waals surface area contributed by atoms with Gasteiger partial charge in [-0.2, -0.15) is 4.98 Å². The molecule has 1 aromatic carbocycles. The van der Waals surface area contributed by atoms with Crippen LogP contribution in [0.3, 0.4) is 0 Å². The summed E-state index contributed by atoms with van der Waals surface area (Å²) in [5.74, 6) is 0.164. The van der Waals surface area contributed by atoms with Crippen molar-refractivity contribution in [2.45, 2.75) is 6.54 Å². The highest BCUT2D eigenvalue weighted by molar-refractivity contribution is 9.10. The third-order valence-corrected chi connectivity index (χ3v) is 3.17. The van der Waals surface area contributed by atoms with Gasteiger partial charge in [0.05, 0.1) is 6.54 Å². The lowest BCUT2D eigenvalue weighted by Crippen LogP contribution is -2.25. The number of H-pyrrole nitrogens is 1. The second-order valence-electron chi connectivity index (χ2n) is 4.07. The number of fused-ring (bicyclic) bond motifs is 1. The fourth-order valence-electron chi connectivity index (χ4n) is 1.89. The number of benzene rings is 1. The van der Waals surface area contributed by atoms with Gasteiger partial charge in [0.15, 0.2) is 15.9 Å². The Morgan fingerprint density at radius 2 is 2.00 bits per heavy atom. The van der Waals surface area contributed by atoms with Gasteiger partial charge >= 0.3 is 0 Å². The molecule has 0 aliphatic rings. The van der Waals surface area contributed by atoms with Crippen LogP contribution in [0.25, 0.3) is 11.2 Å². The minimum absolute atomic E-state index is 0.164. The van der Waals surface area contributed by atoms with E-state index in [1.807, 2.05) is 30.3 Å². The van der Waals surface area contributed by atoms with Crippen molar-refractivity contribution in [3.8, 4) is 0 Å². The van der Waals surface area contributed by atoms with Crippen molar-refractivity contribution in [2.75, 3.05) is 5.73 Å². The van der Waals surface area contributed by atoms with Gasteiger partial charge in [-0.25, -0.2) is 4.98 Å². The Bertz CT molecular complexity index is 793. The number of hydrogen-bond acceptors (Lipinski definition) is 4. The maximum Gasteiger partial charge on any atom is 0.283 e. The molecule has 0 bridgehead atoms. The number of imidazole rings is 1. The summed E-state index contributed by atoms with van der Waals surface area (Å²) in [6.45, 7) is 0.374. The lowest BCUT2D eigenvalue weighted by atomic mass is 10.2. The van der Waals surface area contributed by atoms with Crippen molar-refractivity contribution < 1.29 is 0 Å². The standard InChI is InChI=1S/C12H10BrN5O/c13-11-15-8-9(16-11)17-12(14)18(10(8)19)6-7-4-2-1-3-5-7/h1-5H,6H2,(H2,14,17)(H,15,16). The molecule has 0 spiro atoms. The van der Waals surface area contributed by atoms with Gasteiger partial charge in [0, 0.05) is 0 Å². The highest BCUT2D eigenvalue weighted by Crippen LogP contribution is 2.12. The zero-order valence-electron chi connectivity index (χ0n) is 9.80. The van der Waals surface area contributed by atoms with Crippen LogP contribution in [-0.2, 0) is 6.54 Å². The number of rotatable bonds is 2. The maximum absolute atomic E-state index is 12.3. The number of nitrogens with zero attached hydrogens (tertiary/aromatic N) is 3. The number of halogens is 1. The summed E-state index contributed by atoms with van der Waals surface area (Å²) >= 11 is 3.18. The number of nitrogen functional groups attached to an aromatic ring is 1. The minimum atomic E-state index is -0.256. The monoisotopic (exact) mass is 319 g/mol. The third kappa shape index (κ3) is 2.12. The molecule has 0 amide bonds. The largest absolute Gasteiger partial charge is 0.369 e. The van der Waals surface area contributed by atoms with E-state index < -0.39 is 0 Å². The second-order valence-corrected chi connectivity index (χ2v) is 4.82. The van der Waals surface area contributed by atoms with E-state index in [-0.39, 0.29) is 17.0 Å². The van der Waals surface area contributed by atoms with Crippen LogP contribution in [0.5, 0.6) is 0 Å². The predicted octanol–water partition coefficient (Wildman–Crippen LogP) is 1.51. The summed E-state index contributed by atoms with van der Waals surface area (Å²) in [6.07, 6.45) is 0. The first kappa shape index (κ1) is 11.9. The number of nitrogens with two attached hydrogens (primary N) is 1. The Kier molecular flexibility index (Phi) is 2.83. The molecule has 2 heterocycles. The molecule has 19 heavy (non-hydrogen) atoms. The molecular weight excluding hydrogens is 310 g/mol. The summed E-state index contributed by atoms with van der Waals surface area (Å²) in [5, 5.41) is 0. The van der Waals surface area contributed by atoms with E-state index in [0.717, 1.165) is 5.56 Å². The Balaban J connectivity index is 2.16. The molecule has 7 heteroatoms. The highest BCUT2D eigenvalue weighted by Gasteiger charge is 2.12. The molecule has 0 unspecified atom stereocenters. The van der Waals surface area contributed by atoms with Crippen LogP contribution in [0.2, 0.25) is 0 Å². The van der Waals surface area contributed by atoms with Crippen molar-refractivity contribution in [3.05, 3.63) is 51.0 Å². The number of aromatic amines is 1. The van der Waals surface area contributed by atoms with Crippen LogP contribution in [0.1, 0.15) is 5.56 Å². The quantitative estimate of drug-likeness (QED) is 0.701. The molecule has 0 saturated carbocycles. The predicted molar refractivity (Wildman–Crippen MR) is 75.8 cm³/mol. The first-order chi connectivity index (χ1) is 9.15. The van der Waals surface area contributed by atoms with Crippen molar-refractivity contribution >= 4 is 33.0 Å². The number of anilines is 1. The summed E-state index contributed by atoms with van der Waals surface area (Å²) in [5.41, 5.74) is 7.22.